The van der Waals surface area contributed by atoms with E-state index in [4.69, 9.17) is 15.7 Å². The maximum absolute atomic E-state index is 13.3. The van der Waals surface area contributed by atoms with Gasteiger partial charge in [-0.3, -0.25) is 4.79 Å². The van der Waals surface area contributed by atoms with E-state index in [1.165, 1.54) is 12.1 Å². The quantitative estimate of drug-likeness (QED) is 0.809. The van der Waals surface area contributed by atoms with Gasteiger partial charge in [-0.05, 0) is 18.6 Å². The van der Waals surface area contributed by atoms with E-state index >= 15 is 0 Å². The molecule has 1 fully saturated rings. The highest BCUT2D eigenvalue weighted by atomic mass is 19.1. The predicted octanol–water partition coefficient (Wildman–Crippen LogP) is 0.754. The smallest absolute Gasteiger partial charge is 0.246 e. The maximum Gasteiger partial charge on any atom is 0.246 e. The SMILES string of the molecule is N#Cc1c(F)cccc1NC(=O)C1(N)CCOC1. The molecular weight excluding hydrogens is 237 g/mol. The van der Waals surface area contributed by atoms with Gasteiger partial charge in [-0.1, -0.05) is 6.07 Å². The average molecular weight is 249 g/mol. The number of rotatable bonds is 2. The Bertz CT molecular complexity index is 519. The number of hydrogen-bond acceptors (Lipinski definition) is 4. The van der Waals surface area contributed by atoms with Crippen molar-refractivity contribution in [2.75, 3.05) is 18.5 Å². The minimum Gasteiger partial charge on any atom is -0.379 e. The van der Waals surface area contributed by atoms with E-state index in [2.05, 4.69) is 5.32 Å². The Balaban J connectivity index is 2.22. The predicted molar refractivity (Wildman–Crippen MR) is 62.1 cm³/mol. The van der Waals surface area contributed by atoms with Crippen LogP contribution in [0.4, 0.5) is 10.1 Å². The van der Waals surface area contributed by atoms with Crippen LogP contribution in [0, 0.1) is 17.1 Å². The fraction of sp³-hybridized carbons (Fsp3) is 0.333. The zero-order chi connectivity index (χ0) is 13.2. The van der Waals surface area contributed by atoms with Gasteiger partial charge in [0.2, 0.25) is 5.91 Å². The third-order valence-electron chi connectivity index (χ3n) is 2.88. The molecule has 1 aliphatic heterocycles. The second-order valence-corrected chi connectivity index (χ2v) is 4.19. The molecular formula is C12H12FN3O2. The highest BCUT2D eigenvalue weighted by molar-refractivity contribution is 5.99. The number of nitriles is 1. The maximum atomic E-state index is 13.3. The number of ether oxygens (including phenoxy) is 1. The molecule has 94 valence electrons. The van der Waals surface area contributed by atoms with Gasteiger partial charge in [0.1, 0.15) is 23.0 Å². The highest BCUT2D eigenvalue weighted by Crippen LogP contribution is 2.21. The molecule has 1 unspecified atom stereocenters. The first-order valence-corrected chi connectivity index (χ1v) is 5.43. The molecule has 1 heterocycles. The summed E-state index contributed by atoms with van der Waals surface area (Å²) in [5.41, 5.74) is 4.68. The molecule has 1 aliphatic rings. The fourth-order valence-corrected chi connectivity index (χ4v) is 1.75. The lowest BCUT2D eigenvalue weighted by Gasteiger charge is -2.20. The normalized spacial score (nSPS) is 22.5. The van der Waals surface area contributed by atoms with Crippen molar-refractivity contribution >= 4 is 11.6 Å². The van der Waals surface area contributed by atoms with Gasteiger partial charge in [-0.2, -0.15) is 5.26 Å². The zero-order valence-corrected chi connectivity index (χ0v) is 9.57. The number of anilines is 1. The second-order valence-electron chi connectivity index (χ2n) is 4.19. The minimum absolute atomic E-state index is 0.121. The monoisotopic (exact) mass is 249 g/mol. The highest BCUT2D eigenvalue weighted by Gasteiger charge is 2.38. The molecule has 1 saturated heterocycles. The molecule has 2 rings (SSSR count). The van der Waals surface area contributed by atoms with Crippen LogP contribution in [0.3, 0.4) is 0 Å². The first kappa shape index (κ1) is 12.5. The third-order valence-corrected chi connectivity index (χ3v) is 2.88. The fourth-order valence-electron chi connectivity index (χ4n) is 1.75. The number of benzene rings is 1. The van der Waals surface area contributed by atoms with Gasteiger partial charge in [-0.25, -0.2) is 4.39 Å². The first-order valence-electron chi connectivity index (χ1n) is 5.43. The van der Waals surface area contributed by atoms with E-state index in [0.717, 1.165) is 6.07 Å². The lowest BCUT2D eigenvalue weighted by molar-refractivity contribution is -0.121. The van der Waals surface area contributed by atoms with E-state index in [0.29, 0.717) is 13.0 Å². The number of hydrogen-bond donors (Lipinski definition) is 2. The topological polar surface area (TPSA) is 88.1 Å². The third kappa shape index (κ3) is 2.18. The number of nitrogens with one attached hydrogen (secondary N) is 1. The van der Waals surface area contributed by atoms with Crippen molar-refractivity contribution in [1.82, 2.24) is 0 Å². The average Bonchev–Trinajstić information content (AvgIpc) is 2.78. The van der Waals surface area contributed by atoms with E-state index in [1.54, 1.807) is 6.07 Å². The van der Waals surface area contributed by atoms with E-state index < -0.39 is 17.3 Å². The summed E-state index contributed by atoms with van der Waals surface area (Å²) >= 11 is 0. The summed E-state index contributed by atoms with van der Waals surface area (Å²) in [7, 11) is 0. The number of carbonyl (C=O) groups is 1. The van der Waals surface area contributed by atoms with Crippen LogP contribution in [0.2, 0.25) is 0 Å². The lowest BCUT2D eigenvalue weighted by atomic mass is 9.99. The molecule has 0 aliphatic carbocycles. The van der Waals surface area contributed by atoms with Gasteiger partial charge >= 0.3 is 0 Å². The van der Waals surface area contributed by atoms with E-state index in [9.17, 15) is 9.18 Å². The second kappa shape index (κ2) is 4.72. The summed E-state index contributed by atoms with van der Waals surface area (Å²) < 4.78 is 18.4. The number of halogens is 1. The molecule has 0 spiro atoms. The van der Waals surface area contributed by atoms with Crippen LogP contribution >= 0.6 is 0 Å². The standard InChI is InChI=1S/C12H12FN3O2/c13-9-2-1-3-10(8(9)6-14)16-11(17)12(15)4-5-18-7-12/h1-3H,4-5,7,15H2,(H,16,17). The number of amides is 1. The molecule has 0 radical (unpaired) electrons. The summed E-state index contributed by atoms with van der Waals surface area (Å²) in [6, 6.07) is 5.74. The van der Waals surface area contributed by atoms with Crippen molar-refractivity contribution in [3.05, 3.63) is 29.6 Å². The van der Waals surface area contributed by atoms with Crippen molar-refractivity contribution in [1.29, 1.82) is 5.26 Å². The van der Waals surface area contributed by atoms with Crippen molar-refractivity contribution in [2.24, 2.45) is 5.73 Å². The molecule has 0 aromatic heterocycles. The van der Waals surface area contributed by atoms with Gasteiger partial charge < -0.3 is 15.8 Å². The van der Waals surface area contributed by atoms with Crippen LogP contribution < -0.4 is 11.1 Å². The largest absolute Gasteiger partial charge is 0.379 e. The van der Waals surface area contributed by atoms with Gasteiger partial charge in [0, 0.05) is 6.61 Å². The number of carbonyl (C=O) groups excluding carboxylic acids is 1. The number of nitrogens with two attached hydrogens (primary N) is 1. The summed E-state index contributed by atoms with van der Waals surface area (Å²) in [5.74, 6) is -1.15. The molecule has 1 amide bonds. The summed E-state index contributed by atoms with van der Waals surface area (Å²) in [5, 5.41) is 11.3. The molecule has 0 saturated carbocycles. The van der Waals surface area contributed by atoms with Crippen molar-refractivity contribution in [3.63, 3.8) is 0 Å². The molecule has 6 heteroatoms. The van der Waals surface area contributed by atoms with Gasteiger partial charge in [0.25, 0.3) is 0 Å². The van der Waals surface area contributed by atoms with Crippen LogP contribution in [0.25, 0.3) is 0 Å². The Morgan fingerprint density at radius 1 is 1.61 bits per heavy atom. The molecule has 5 nitrogen and oxygen atoms in total. The van der Waals surface area contributed by atoms with Crippen LogP contribution in [-0.2, 0) is 9.53 Å². The van der Waals surface area contributed by atoms with Crippen LogP contribution in [0.15, 0.2) is 18.2 Å². The van der Waals surface area contributed by atoms with Crippen molar-refractivity contribution in [3.8, 4) is 6.07 Å². The summed E-state index contributed by atoms with van der Waals surface area (Å²) in [6.07, 6.45) is 0.399. The van der Waals surface area contributed by atoms with Crippen LogP contribution in [-0.4, -0.2) is 24.7 Å². The minimum atomic E-state index is -1.11. The van der Waals surface area contributed by atoms with Gasteiger partial charge in [0.15, 0.2) is 0 Å². The Hall–Kier alpha value is -1.97. The lowest BCUT2D eigenvalue weighted by Crippen LogP contribution is -2.51. The van der Waals surface area contributed by atoms with Gasteiger partial charge in [-0.15, -0.1) is 0 Å². The molecule has 0 bridgehead atoms. The zero-order valence-electron chi connectivity index (χ0n) is 9.57. The summed E-state index contributed by atoms with van der Waals surface area (Å²) in [6.45, 7) is 0.536. The Morgan fingerprint density at radius 3 is 3.00 bits per heavy atom. The van der Waals surface area contributed by atoms with Crippen LogP contribution in [0.1, 0.15) is 12.0 Å². The van der Waals surface area contributed by atoms with Gasteiger partial charge in [0.05, 0.1) is 12.3 Å². The summed E-state index contributed by atoms with van der Waals surface area (Å²) in [4.78, 5) is 12.0. The van der Waals surface area contributed by atoms with E-state index in [1.807, 2.05) is 0 Å². The Morgan fingerprint density at radius 2 is 2.39 bits per heavy atom. The van der Waals surface area contributed by atoms with E-state index in [-0.39, 0.29) is 17.9 Å². The molecule has 18 heavy (non-hydrogen) atoms. The number of nitrogens with zero attached hydrogens (tertiary/aromatic N) is 1. The van der Waals surface area contributed by atoms with Crippen LogP contribution in [0.5, 0.6) is 0 Å². The Kier molecular flexibility index (Phi) is 3.28. The van der Waals surface area contributed by atoms with Crippen molar-refractivity contribution < 1.29 is 13.9 Å². The molecule has 1 aromatic carbocycles. The molecule has 1 atom stereocenters. The van der Waals surface area contributed by atoms with Crippen molar-refractivity contribution in [2.45, 2.75) is 12.0 Å². The first-order chi connectivity index (χ1) is 8.57. The molecule has 3 N–H and O–H groups in total. The Labute approximate surface area is 103 Å². The molecule has 1 aromatic rings.